The van der Waals surface area contributed by atoms with Crippen molar-refractivity contribution >= 4 is 21.4 Å². The summed E-state index contributed by atoms with van der Waals surface area (Å²) < 4.78 is 62.0. The van der Waals surface area contributed by atoms with Gasteiger partial charge in [0.25, 0.3) is 0 Å². The van der Waals surface area contributed by atoms with E-state index in [9.17, 15) is 22.0 Å². The van der Waals surface area contributed by atoms with E-state index in [1.807, 2.05) is 0 Å². The molecule has 0 aliphatic heterocycles. The number of nitrogens with zero attached hydrogens (tertiary/aromatic N) is 4. The lowest BCUT2D eigenvalue weighted by molar-refractivity contribution is 0.439. The molecule has 12 heteroatoms. The first-order valence-corrected chi connectivity index (χ1v) is 11.0. The van der Waals surface area contributed by atoms with Crippen LogP contribution in [0.15, 0.2) is 53.7 Å². The third-order valence-electron chi connectivity index (χ3n) is 4.63. The molecule has 0 amide bonds. The Morgan fingerprint density at radius 2 is 1.84 bits per heavy atom. The molecule has 0 aliphatic rings. The fourth-order valence-electron chi connectivity index (χ4n) is 3.03. The van der Waals surface area contributed by atoms with Gasteiger partial charge in [-0.25, -0.2) is 27.0 Å². The highest BCUT2D eigenvalue weighted by Gasteiger charge is 2.19. The third-order valence-corrected chi connectivity index (χ3v) is 5.94. The average molecular weight is 461 g/mol. The van der Waals surface area contributed by atoms with Crippen LogP contribution in [-0.2, 0) is 17.1 Å². The van der Waals surface area contributed by atoms with Crippen LogP contribution in [0.2, 0.25) is 0 Å². The van der Waals surface area contributed by atoms with Gasteiger partial charge < -0.3 is 9.30 Å². The van der Waals surface area contributed by atoms with Crippen molar-refractivity contribution in [1.82, 2.24) is 19.2 Å². The monoisotopic (exact) mass is 461 g/mol. The Kier molecular flexibility index (Phi) is 5.38. The molecule has 0 saturated carbocycles. The van der Waals surface area contributed by atoms with Gasteiger partial charge in [-0.3, -0.25) is 4.72 Å². The largest absolute Gasteiger partial charge is 0.454 e. The second-order valence-electron chi connectivity index (χ2n) is 6.82. The Morgan fingerprint density at radius 3 is 2.56 bits per heavy atom. The summed E-state index contributed by atoms with van der Waals surface area (Å²) in [4.78, 5) is 16.4. The summed E-state index contributed by atoms with van der Waals surface area (Å²) in [6, 6.07) is 7.21. The predicted molar refractivity (Wildman–Crippen MR) is 113 cm³/mol. The predicted octanol–water partition coefficient (Wildman–Crippen LogP) is 2.93. The van der Waals surface area contributed by atoms with Crippen LogP contribution in [0.3, 0.4) is 0 Å². The molecule has 2 heterocycles. The summed E-state index contributed by atoms with van der Waals surface area (Å²) >= 11 is 0. The smallest absolute Gasteiger partial charge is 0.350 e. The van der Waals surface area contributed by atoms with Crippen LogP contribution in [0.4, 0.5) is 14.5 Å². The van der Waals surface area contributed by atoms with Gasteiger partial charge in [-0.15, -0.1) is 0 Å². The van der Waals surface area contributed by atoms with Gasteiger partial charge in [0.2, 0.25) is 10.0 Å². The molecule has 2 aromatic carbocycles. The van der Waals surface area contributed by atoms with Crippen LogP contribution in [0.5, 0.6) is 11.5 Å². The molecule has 4 rings (SSSR count). The number of fused-ring (bicyclic) bond motifs is 1. The molecule has 0 bridgehead atoms. The number of sulfonamides is 1. The van der Waals surface area contributed by atoms with E-state index in [0.29, 0.717) is 17.2 Å². The molecule has 2 aromatic heterocycles. The number of aromatic nitrogens is 4. The molecule has 1 N–H and O–H groups in total. The molecule has 0 atom stereocenters. The van der Waals surface area contributed by atoms with Crippen molar-refractivity contribution in [2.24, 2.45) is 7.05 Å². The Balaban J connectivity index is 1.93. The number of aryl methyl sites for hydroxylation is 1. The maximum Gasteiger partial charge on any atom is 0.350 e. The number of ether oxygens (including phenoxy) is 1. The molecule has 32 heavy (non-hydrogen) atoms. The summed E-state index contributed by atoms with van der Waals surface area (Å²) in [5.41, 5.74) is 0.641. The second kappa shape index (κ2) is 8.04. The van der Waals surface area contributed by atoms with E-state index in [1.165, 1.54) is 49.3 Å². The number of rotatable bonds is 6. The number of benzene rings is 2. The summed E-state index contributed by atoms with van der Waals surface area (Å²) in [6.45, 7) is 1.49. The zero-order valence-corrected chi connectivity index (χ0v) is 17.7. The van der Waals surface area contributed by atoms with Gasteiger partial charge >= 0.3 is 5.69 Å². The summed E-state index contributed by atoms with van der Waals surface area (Å²) in [5.74, 6) is -1.94. The van der Waals surface area contributed by atoms with Gasteiger partial charge in [0.1, 0.15) is 17.9 Å². The first-order chi connectivity index (χ1) is 15.2. The number of anilines is 1. The molecule has 0 radical (unpaired) electrons. The van der Waals surface area contributed by atoms with Gasteiger partial charge in [-0.2, -0.15) is 9.61 Å². The fourth-order valence-corrected chi connectivity index (χ4v) is 3.66. The molecule has 0 saturated heterocycles. The Morgan fingerprint density at radius 1 is 1.09 bits per heavy atom. The molecule has 4 aromatic rings. The zero-order valence-electron chi connectivity index (χ0n) is 16.9. The van der Waals surface area contributed by atoms with Gasteiger partial charge in [0.15, 0.2) is 17.2 Å². The number of hydrogen-bond donors (Lipinski definition) is 1. The molecule has 0 spiro atoms. The van der Waals surface area contributed by atoms with Crippen LogP contribution in [0.1, 0.15) is 6.92 Å². The number of halogens is 2. The fraction of sp³-hybridized carbons (Fsp3) is 0.150. The molecule has 9 nitrogen and oxygen atoms in total. The molecule has 0 aliphatic carbocycles. The minimum atomic E-state index is -3.58. The minimum Gasteiger partial charge on any atom is -0.454 e. The highest BCUT2D eigenvalue weighted by atomic mass is 32.2. The van der Waals surface area contributed by atoms with E-state index in [4.69, 9.17) is 4.74 Å². The highest BCUT2D eigenvalue weighted by Crippen LogP contribution is 2.37. The average Bonchev–Trinajstić information content (AvgIpc) is 3.24. The van der Waals surface area contributed by atoms with Crippen molar-refractivity contribution in [2.45, 2.75) is 6.92 Å². The van der Waals surface area contributed by atoms with E-state index in [-0.39, 0.29) is 28.6 Å². The first kappa shape index (κ1) is 21.4. The lowest BCUT2D eigenvalue weighted by atomic mass is 10.1. The van der Waals surface area contributed by atoms with E-state index < -0.39 is 27.3 Å². The third kappa shape index (κ3) is 4.04. The van der Waals surface area contributed by atoms with Crippen molar-refractivity contribution in [2.75, 3.05) is 10.5 Å². The van der Waals surface area contributed by atoms with E-state index in [2.05, 4.69) is 14.8 Å². The maximum absolute atomic E-state index is 14.2. The van der Waals surface area contributed by atoms with Crippen LogP contribution in [0.25, 0.3) is 16.8 Å². The van der Waals surface area contributed by atoms with Crippen LogP contribution in [0, 0.1) is 11.6 Å². The van der Waals surface area contributed by atoms with E-state index in [0.717, 1.165) is 16.6 Å². The highest BCUT2D eigenvalue weighted by molar-refractivity contribution is 7.92. The Labute approximate surface area is 181 Å². The maximum atomic E-state index is 14.2. The first-order valence-electron chi connectivity index (χ1n) is 9.35. The second-order valence-corrected chi connectivity index (χ2v) is 8.84. The van der Waals surface area contributed by atoms with E-state index >= 15 is 0 Å². The van der Waals surface area contributed by atoms with Crippen molar-refractivity contribution in [3.05, 3.63) is 71.0 Å². The quantitative estimate of drug-likeness (QED) is 0.473. The minimum absolute atomic E-state index is 0.124. The lowest BCUT2D eigenvalue weighted by Crippen LogP contribution is -2.25. The number of hydrogen-bond acceptors (Lipinski definition) is 6. The Hall–Kier alpha value is -3.80. The van der Waals surface area contributed by atoms with E-state index in [1.54, 1.807) is 0 Å². The SMILES string of the molecule is CCS(=O)(=O)Nc1ccc(Oc2ccc(F)cc2F)c(-c2cn(C)c(=O)n3ncnc23)c1. The number of nitrogens with one attached hydrogen (secondary N) is 1. The topological polar surface area (TPSA) is 108 Å². The zero-order chi connectivity index (χ0) is 23.0. The van der Waals surface area contributed by atoms with Crippen LogP contribution < -0.4 is 15.1 Å². The van der Waals surface area contributed by atoms with Gasteiger partial charge in [-0.1, -0.05) is 0 Å². The molecular formula is C20H17F2N5O4S. The Bertz CT molecular complexity index is 1500. The van der Waals surface area contributed by atoms with Crippen LogP contribution >= 0.6 is 0 Å². The summed E-state index contributed by atoms with van der Waals surface area (Å²) in [6.07, 6.45) is 2.68. The summed E-state index contributed by atoms with van der Waals surface area (Å²) in [5, 5.41) is 3.92. The molecule has 0 fully saturated rings. The normalized spacial score (nSPS) is 11.6. The van der Waals surface area contributed by atoms with Crippen molar-refractivity contribution in [3.63, 3.8) is 0 Å². The molecular weight excluding hydrogens is 444 g/mol. The van der Waals surface area contributed by atoms with Crippen molar-refractivity contribution < 1.29 is 21.9 Å². The standard InChI is InChI=1S/C20H17F2N5O4S/c1-3-32(29,30)25-13-5-7-17(31-18-6-4-12(21)8-16(18)22)14(9-13)15-10-26(2)20(28)27-19(15)23-11-24-27/h4-11,25H,3H2,1-2H3. The summed E-state index contributed by atoms with van der Waals surface area (Å²) in [7, 11) is -2.07. The molecule has 166 valence electrons. The van der Waals surface area contributed by atoms with Crippen molar-refractivity contribution in [1.29, 1.82) is 0 Å². The van der Waals surface area contributed by atoms with Crippen molar-refractivity contribution in [3.8, 4) is 22.6 Å². The van der Waals surface area contributed by atoms with Gasteiger partial charge in [-0.05, 0) is 37.3 Å². The lowest BCUT2D eigenvalue weighted by Gasteiger charge is -2.15. The van der Waals surface area contributed by atoms with Gasteiger partial charge in [0, 0.05) is 36.1 Å². The van der Waals surface area contributed by atoms with Gasteiger partial charge in [0.05, 0.1) is 5.75 Å². The molecule has 0 unspecified atom stereocenters. The van der Waals surface area contributed by atoms with Crippen LogP contribution in [-0.4, -0.2) is 33.3 Å².